The molecule has 0 bridgehead atoms. The molecule has 21 heavy (non-hydrogen) atoms. The van der Waals surface area contributed by atoms with Crippen LogP contribution in [0.2, 0.25) is 0 Å². The lowest BCUT2D eigenvalue weighted by molar-refractivity contribution is -0.0914. The Labute approximate surface area is 127 Å². The summed E-state index contributed by atoms with van der Waals surface area (Å²) in [4.78, 5) is 7.22. The quantitative estimate of drug-likeness (QED) is 0.903. The van der Waals surface area contributed by atoms with Crippen molar-refractivity contribution in [1.29, 1.82) is 0 Å². The molecule has 1 saturated carbocycles. The second-order valence-electron chi connectivity index (χ2n) is 6.17. The number of ether oxygens (including phenoxy) is 1. The molecule has 2 heterocycles. The molecule has 4 nitrogen and oxygen atoms in total. The summed E-state index contributed by atoms with van der Waals surface area (Å²) in [6.07, 6.45) is 7.65. The van der Waals surface area contributed by atoms with Gasteiger partial charge in [0.25, 0.3) is 0 Å². The van der Waals surface area contributed by atoms with E-state index in [4.69, 9.17) is 4.74 Å². The van der Waals surface area contributed by atoms with Crippen LogP contribution in [0, 0.1) is 0 Å². The first kappa shape index (κ1) is 14.9. The van der Waals surface area contributed by atoms with Gasteiger partial charge in [0.2, 0.25) is 0 Å². The summed E-state index contributed by atoms with van der Waals surface area (Å²) >= 11 is 0. The maximum atomic E-state index is 5.94. The summed E-state index contributed by atoms with van der Waals surface area (Å²) in [7, 11) is 0. The maximum Gasteiger partial charge on any atom is 0.0731 e. The molecular weight excluding hydrogens is 262 g/mol. The van der Waals surface area contributed by atoms with E-state index in [1.807, 2.05) is 6.20 Å². The van der Waals surface area contributed by atoms with Crippen molar-refractivity contribution in [2.75, 3.05) is 19.7 Å². The van der Waals surface area contributed by atoms with Gasteiger partial charge in [0, 0.05) is 31.9 Å². The number of aromatic nitrogens is 1. The van der Waals surface area contributed by atoms with Crippen molar-refractivity contribution in [1.82, 2.24) is 15.2 Å². The van der Waals surface area contributed by atoms with E-state index in [-0.39, 0.29) is 0 Å². The predicted molar refractivity (Wildman–Crippen MR) is 84.0 cm³/mol. The van der Waals surface area contributed by atoms with Gasteiger partial charge in [-0.2, -0.15) is 0 Å². The number of hydrogen-bond acceptors (Lipinski definition) is 4. The van der Waals surface area contributed by atoms with E-state index in [1.165, 1.54) is 36.9 Å². The molecule has 1 aromatic heterocycles. The minimum Gasteiger partial charge on any atom is -0.375 e. The first-order valence-electron chi connectivity index (χ1n) is 8.37. The SMILES string of the molecule is CCNCc1ccc(CN2CCOC3CCCCC32)nc1. The van der Waals surface area contributed by atoms with Crippen LogP contribution < -0.4 is 5.32 Å². The number of nitrogens with zero attached hydrogens (tertiary/aromatic N) is 2. The molecule has 2 atom stereocenters. The van der Waals surface area contributed by atoms with E-state index in [9.17, 15) is 0 Å². The summed E-state index contributed by atoms with van der Waals surface area (Å²) in [5.74, 6) is 0. The summed E-state index contributed by atoms with van der Waals surface area (Å²) in [6.45, 7) is 6.92. The molecule has 3 rings (SSSR count). The van der Waals surface area contributed by atoms with Crippen molar-refractivity contribution in [2.24, 2.45) is 0 Å². The normalized spacial score (nSPS) is 26.5. The third-order valence-electron chi connectivity index (χ3n) is 4.68. The number of rotatable bonds is 5. The molecule has 1 aliphatic heterocycles. The molecule has 2 aliphatic rings. The molecule has 1 saturated heterocycles. The Morgan fingerprint density at radius 1 is 1.33 bits per heavy atom. The Balaban J connectivity index is 1.59. The van der Waals surface area contributed by atoms with Crippen LogP contribution in [-0.2, 0) is 17.8 Å². The fraction of sp³-hybridized carbons (Fsp3) is 0.706. The molecule has 1 aliphatic carbocycles. The Kier molecular flexibility index (Phi) is 5.22. The largest absolute Gasteiger partial charge is 0.375 e. The lowest BCUT2D eigenvalue weighted by Gasteiger charge is -2.43. The molecule has 0 spiro atoms. The van der Waals surface area contributed by atoms with Crippen LogP contribution in [0.25, 0.3) is 0 Å². The fourth-order valence-electron chi connectivity index (χ4n) is 3.50. The minimum absolute atomic E-state index is 0.459. The van der Waals surface area contributed by atoms with Crippen LogP contribution in [0.15, 0.2) is 18.3 Å². The van der Waals surface area contributed by atoms with Gasteiger partial charge in [-0.3, -0.25) is 9.88 Å². The Morgan fingerprint density at radius 3 is 3.05 bits per heavy atom. The zero-order chi connectivity index (χ0) is 14.5. The van der Waals surface area contributed by atoms with Crippen LogP contribution >= 0.6 is 0 Å². The first-order valence-corrected chi connectivity index (χ1v) is 8.37. The number of hydrogen-bond donors (Lipinski definition) is 1. The van der Waals surface area contributed by atoms with Crippen molar-refractivity contribution in [3.63, 3.8) is 0 Å². The highest BCUT2D eigenvalue weighted by Gasteiger charge is 2.34. The topological polar surface area (TPSA) is 37.4 Å². The van der Waals surface area contributed by atoms with Crippen LogP contribution in [0.1, 0.15) is 43.9 Å². The predicted octanol–water partition coefficient (Wildman–Crippen LogP) is 2.33. The molecule has 1 aromatic rings. The average molecular weight is 289 g/mol. The smallest absolute Gasteiger partial charge is 0.0731 e. The van der Waals surface area contributed by atoms with Gasteiger partial charge in [0.05, 0.1) is 18.4 Å². The van der Waals surface area contributed by atoms with Gasteiger partial charge in [0.1, 0.15) is 0 Å². The van der Waals surface area contributed by atoms with Gasteiger partial charge in [0.15, 0.2) is 0 Å². The molecule has 4 heteroatoms. The van der Waals surface area contributed by atoms with Crippen molar-refractivity contribution < 1.29 is 4.74 Å². The van der Waals surface area contributed by atoms with Crippen LogP contribution in [-0.4, -0.2) is 41.7 Å². The second kappa shape index (κ2) is 7.34. The number of morpholine rings is 1. The average Bonchev–Trinajstić information content (AvgIpc) is 2.55. The number of fused-ring (bicyclic) bond motifs is 1. The van der Waals surface area contributed by atoms with E-state index in [0.29, 0.717) is 12.1 Å². The molecule has 1 N–H and O–H groups in total. The molecule has 0 amide bonds. The number of nitrogens with one attached hydrogen (secondary N) is 1. The van der Waals surface area contributed by atoms with Crippen molar-refractivity contribution in [2.45, 2.75) is 57.8 Å². The molecule has 0 radical (unpaired) electrons. The van der Waals surface area contributed by atoms with Crippen LogP contribution in [0.3, 0.4) is 0 Å². The molecule has 2 fully saturated rings. The van der Waals surface area contributed by atoms with Gasteiger partial charge in [-0.05, 0) is 31.0 Å². The highest BCUT2D eigenvalue weighted by molar-refractivity contribution is 5.14. The Hall–Kier alpha value is -0.970. The van der Waals surface area contributed by atoms with Gasteiger partial charge < -0.3 is 10.1 Å². The zero-order valence-electron chi connectivity index (χ0n) is 13.1. The maximum absolute atomic E-state index is 5.94. The van der Waals surface area contributed by atoms with Gasteiger partial charge in [-0.25, -0.2) is 0 Å². The lowest BCUT2D eigenvalue weighted by Crippen LogP contribution is -2.52. The first-order chi connectivity index (χ1) is 10.4. The van der Waals surface area contributed by atoms with Crippen molar-refractivity contribution in [3.05, 3.63) is 29.6 Å². The van der Waals surface area contributed by atoms with E-state index in [2.05, 4.69) is 34.3 Å². The van der Waals surface area contributed by atoms with Gasteiger partial charge >= 0.3 is 0 Å². The monoisotopic (exact) mass is 289 g/mol. The Bertz CT molecular complexity index is 432. The standard InChI is InChI=1S/C17H27N3O/c1-2-18-11-14-7-8-15(19-12-14)13-20-9-10-21-17-6-4-3-5-16(17)20/h7-8,12,16-18H,2-6,9-11,13H2,1H3. The molecule has 2 unspecified atom stereocenters. The molecular formula is C17H27N3O. The highest BCUT2D eigenvalue weighted by Crippen LogP contribution is 2.29. The molecule has 116 valence electrons. The van der Waals surface area contributed by atoms with Crippen LogP contribution in [0.4, 0.5) is 0 Å². The van der Waals surface area contributed by atoms with Crippen molar-refractivity contribution in [3.8, 4) is 0 Å². The van der Waals surface area contributed by atoms with Crippen LogP contribution in [0.5, 0.6) is 0 Å². The second-order valence-corrected chi connectivity index (χ2v) is 6.17. The lowest BCUT2D eigenvalue weighted by atomic mass is 9.90. The third kappa shape index (κ3) is 3.82. The van der Waals surface area contributed by atoms with Gasteiger partial charge in [-0.1, -0.05) is 25.8 Å². The third-order valence-corrected chi connectivity index (χ3v) is 4.68. The Morgan fingerprint density at radius 2 is 2.24 bits per heavy atom. The van der Waals surface area contributed by atoms with E-state index < -0.39 is 0 Å². The number of pyridine rings is 1. The molecule has 0 aromatic carbocycles. The fourth-order valence-corrected chi connectivity index (χ4v) is 3.50. The summed E-state index contributed by atoms with van der Waals surface area (Å²) < 4.78 is 5.94. The zero-order valence-corrected chi connectivity index (χ0v) is 13.1. The summed E-state index contributed by atoms with van der Waals surface area (Å²) in [5.41, 5.74) is 2.44. The highest BCUT2D eigenvalue weighted by atomic mass is 16.5. The minimum atomic E-state index is 0.459. The van der Waals surface area contributed by atoms with E-state index >= 15 is 0 Å². The van der Waals surface area contributed by atoms with E-state index in [1.54, 1.807) is 0 Å². The van der Waals surface area contributed by atoms with Gasteiger partial charge in [-0.15, -0.1) is 0 Å². The van der Waals surface area contributed by atoms with Crippen molar-refractivity contribution >= 4 is 0 Å². The summed E-state index contributed by atoms with van der Waals surface area (Å²) in [6, 6.07) is 4.99. The summed E-state index contributed by atoms with van der Waals surface area (Å²) in [5, 5.41) is 3.34. The van der Waals surface area contributed by atoms with E-state index in [0.717, 1.165) is 32.8 Å².